The fourth-order valence-electron chi connectivity index (χ4n) is 2.24. The number of hydrogen-bond acceptors (Lipinski definition) is 3. The largest absolute Gasteiger partial charge is 0.348 e. The molecule has 0 bridgehead atoms. The molecular formula is C17H23N3O3. The predicted octanol–water partition coefficient (Wildman–Crippen LogP) is 1.74. The van der Waals surface area contributed by atoms with Crippen molar-refractivity contribution < 1.29 is 14.4 Å². The molecule has 0 saturated heterocycles. The minimum Gasteiger partial charge on any atom is -0.348 e. The maximum atomic E-state index is 12.0. The van der Waals surface area contributed by atoms with Gasteiger partial charge in [-0.2, -0.15) is 0 Å². The molecule has 3 amide bonds. The second-order valence-electron chi connectivity index (χ2n) is 6.04. The van der Waals surface area contributed by atoms with Gasteiger partial charge in [0.1, 0.15) is 6.04 Å². The van der Waals surface area contributed by atoms with Gasteiger partial charge >= 0.3 is 0 Å². The summed E-state index contributed by atoms with van der Waals surface area (Å²) in [5.74, 6) is -0.235. The molecule has 6 heteroatoms. The summed E-state index contributed by atoms with van der Waals surface area (Å²) >= 11 is 0. The lowest BCUT2D eigenvalue weighted by Crippen LogP contribution is -2.44. The molecule has 1 fully saturated rings. The highest BCUT2D eigenvalue weighted by atomic mass is 16.2. The van der Waals surface area contributed by atoms with Gasteiger partial charge < -0.3 is 16.0 Å². The van der Waals surface area contributed by atoms with Crippen LogP contribution in [0.3, 0.4) is 0 Å². The van der Waals surface area contributed by atoms with Crippen LogP contribution in [0.1, 0.15) is 45.2 Å². The summed E-state index contributed by atoms with van der Waals surface area (Å²) in [6.45, 7) is 4.89. The van der Waals surface area contributed by atoms with Gasteiger partial charge in [-0.3, -0.25) is 14.4 Å². The van der Waals surface area contributed by atoms with Crippen molar-refractivity contribution in [3.8, 4) is 0 Å². The number of hydrogen-bond donors (Lipinski definition) is 3. The summed E-state index contributed by atoms with van der Waals surface area (Å²) in [6, 6.07) is 6.64. The monoisotopic (exact) mass is 317 g/mol. The molecule has 0 heterocycles. The standard InChI is InChI=1S/C17H23N3O3/c1-10(19-16(22)11(2)18-12(3)21)13-6-8-15(9-7-13)20-17(23)14-4-5-14/h6-11,14H,4-5H2,1-3H3,(H,18,21)(H,19,22)(H,20,23)/t10-,11-/m0/s1. The Morgan fingerprint density at radius 2 is 1.65 bits per heavy atom. The van der Waals surface area contributed by atoms with Crippen molar-refractivity contribution in [2.24, 2.45) is 5.92 Å². The molecule has 6 nitrogen and oxygen atoms in total. The Balaban J connectivity index is 1.88. The minimum absolute atomic E-state index is 0.0724. The highest BCUT2D eigenvalue weighted by molar-refractivity contribution is 5.94. The lowest BCUT2D eigenvalue weighted by Gasteiger charge is -2.18. The van der Waals surface area contributed by atoms with E-state index in [-0.39, 0.29) is 29.7 Å². The van der Waals surface area contributed by atoms with Crippen molar-refractivity contribution >= 4 is 23.4 Å². The Bertz CT molecular complexity index is 594. The number of anilines is 1. The first-order valence-electron chi connectivity index (χ1n) is 7.85. The number of nitrogens with one attached hydrogen (secondary N) is 3. The second kappa shape index (κ2) is 7.26. The first-order chi connectivity index (χ1) is 10.9. The van der Waals surface area contributed by atoms with Crippen LogP contribution in [-0.4, -0.2) is 23.8 Å². The number of benzene rings is 1. The Morgan fingerprint density at radius 1 is 1.04 bits per heavy atom. The zero-order valence-corrected chi connectivity index (χ0v) is 13.7. The average molecular weight is 317 g/mol. The van der Waals surface area contributed by atoms with Crippen molar-refractivity contribution in [2.75, 3.05) is 5.32 Å². The smallest absolute Gasteiger partial charge is 0.242 e. The van der Waals surface area contributed by atoms with Crippen LogP contribution in [0.25, 0.3) is 0 Å². The maximum Gasteiger partial charge on any atom is 0.242 e. The number of amides is 3. The highest BCUT2D eigenvalue weighted by Gasteiger charge is 2.29. The summed E-state index contributed by atoms with van der Waals surface area (Å²) < 4.78 is 0. The van der Waals surface area contributed by atoms with Crippen LogP contribution in [0.5, 0.6) is 0 Å². The third kappa shape index (κ3) is 5.09. The van der Waals surface area contributed by atoms with E-state index in [2.05, 4.69) is 16.0 Å². The Labute approximate surface area is 136 Å². The molecule has 3 N–H and O–H groups in total. The number of carbonyl (C=O) groups is 3. The number of rotatable bonds is 6. The van der Waals surface area contributed by atoms with Crippen LogP contribution in [-0.2, 0) is 14.4 Å². The molecule has 0 unspecified atom stereocenters. The van der Waals surface area contributed by atoms with Gasteiger partial charge in [-0.05, 0) is 44.4 Å². The zero-order valence-electron chi connectivity index (χ0n) is 13.7. The topological polar surface area (TPSA) is 87.3 Å². The summed E-state index contributed by atoms with van der Waals surface area (Å²) in [6.07, 6.45) is 1.94. The quantitative estimate of drug-likeness (QED) is 0.747. The molecule has 0 spiro atoms. The maximum absolute atomic E-state index is 12.0. The summed E-state index contributed by atoms with van der Waals surface area (Å²) in [4.78, 5) is 34.6. The molecule has 2 atom stereocenters. The molecule has 0 aromatic heterocycles. The van der Waals surface area contributed by atoms with Crippen molar-refractivity contribution in [1.29, 1.82) is 0 Å². The van der Waals surface area contributed by atoms with Crippen LogP contribution in [0.2, 0.25) is 0 Å². The van der Waals surface area contributed by atoms with Gasteiger partial charge in [0.25, 0.3) is 0 Å². The van der Waals surface area contributed by atoms with E-state index in [0.717, 1.165) is 24.1 Å². The van der Waals surface area contributed by atoms with Gasteiger partial charge in [0.15, 0.2) is 0 Å². The van der Waals surface area contributed by atoms with Crippen molar-refractivity contribution in [2.45, 2.75) is 45.7 Å². The fraction of sp³-hybridized carbons (Fsp3) is 0.471. The summed E-state index contributed by atoms with van der Waals surface area (Å²) in [7, 11) is 0. The molecule has 0 aliphatic heterocycles. The van der Waals surface area contributed by atoms with Crippen molar-refractivity contribution in [3.63, 3.8) is 0 Å². The first kappa shape index (κ1) is 17.0. The van der Waals surface area contributed by atoms with Crippen LogP contribution >= 0.6 is 0 Å². The van der Waals surface area contributed by atoms with Gasteiger partial charge in [-0.1, -0.05) is 12.1 Å². The van der Waals surface area contributed by atoms with E-state index in [9.17, 15) is 14.4 Å². The number of carbonyl (C=O) groups excluding carboxylic acids is 3. The molecule has 1 aliphatic rings. The lowest BCUT2D eigenvalue weighted by atomic mass is 10.1. The Kier molecular flexibility index (Phi) is 5.36. The molecule has 1 aromatic carbocycles. The van der Waals surface area contributed by atoms with Crippen LogP contribution < -0.4 is 16.0 Å². The molecule has 0 radical (unpaired) electrons. The van der Waals surface area contributed by atoms with E-state index >= 15 is 0 Å². The van der Waals surface area contributed by atoms with Crippen LogP contribution in [0, 0.1) is 5.92 Å². The van der Waals surface area contributed by atoms with E-state index in [1.807, 2.05) is 31.2 Å². The molecule has 23 heavy (non-hydrogen) atoms. The van der Waals surface area contributed by atoms with E-state index in [0.29, 0.717) is 0 Å². The molecule has 124 valence electrons. The van der Waals surface area contributed by atoms with E-state index in [4.69, 9.17) is 0 Å². The average Bonchev–Trinajstić information content (AvgIpc) is 3.31. The third-order valence-corrected chi connectivity index (χ3v) is 3.80. The Morgan fingerprint density at radius 3 is 2.17 bits per heavy atom. The van der Waals surface area contributed by atoms with E-state index in [1.54, 1.807) is 6.92 Å². The molecule has 2 rings (SSSR count). The minimum atomic E-state index is -0.577. The SMILES string of the molecule is CC(=O)N[C@@H](C)C(=O)N[C@@H](C)c1ccc(NC(=O)C2CC2)cc1. The van der Waals surface area contributed by atoms with Gasteiger partial charge in [-0.25, -0.2) is 0 Å². The van der Waals surface area contributed by atoms with Gasteiger partial charge in [0.05, 0.1) is 6.04 Å². The normalized spacial score (nSPS) is 16.1. The molecular weight excluding hydrogens is 294 g/mol. The molecule has 1 saturated carbocycles. The predicted molar refractivity (Wildman–Crippen MR) is 87.6 cm³/mol. The highest BCUT2D eigenvalue weighted by Crippen LogP contribution is 2.30. The van der Waals surface area contributed by atoms with E-state index in [1.165, 1.54) is 6.92 Å². The summed E-state index contributed by atoms with van der Waals surface area (Å²) in [5.41, 5.74) is 1.69. The van der Waals surface area contributed by atoms with Gasteiger partial charge in [-0.15, -0.1) is 0 Å². The van der Waals surface area contributed by atoms with Gasteiger partial charge in [0, 0.05) is 18.5 Å². The van der Waals surface area contributed by atoms with Crippen LogP contribution in [0.4, 0.5) is 5.69 Å². The first-order valence-corrected chi connectivity index (χ1v) is 7.85. The third-order valence-electron chi connectivity index (χ3n) is 3.80. The van der Waals surface area contributed by atoms with Gasteiger partial charge in [0.2, 0.25) is 17.7 Å². The summed E-state index contributed by atoms with van der Waals surface area (Å²) in [5, 5.41) is 8.27. The lowest BCUT2D eigenvalue weighted by molar-refractivity contribution is -0.128. The zero-order chi connectivity index (χ0) is 17.0. The molecule has 1 aliphatic carbocycles. The molecule has 1 aromatic rings. The Hall–Kier alpha value is -2.37. The van der Waals surface area contributed by atoms with Crippen molar-refractivity contribution in [3.05, 3.63) is 29.8 Å². The fourth-order valence-corrected chi connectivity index (χ4v) is 2.24. The van der Waals surface area contributed by atoms with Crippen molar-refractivity contribution in [1.82, 2.24) is 10.6 Å². The van der Waals surface area contributed by atoms with Crippen LogP contribution in [0.15, 0.2) is 24.3 Å². The second-order valence-corrected chi connectivity index (χ2v) is 6.04. The van der Waals surface area contributed by atoms with E-state index < -0.39 is 6.04 Å².